The van der Waals surface area contributed by atoms with Gasteiger partial charge in [-0.2, -0.15) is 0 Å². The van der Waals surface area contributed by atoms with E-state index in [-0.39, 0.29) is 24.5 Å². The SMILES string of the molecule is CCOC(=O)OC(=O)c1ccccc1OC(=O)OCC. The molecule has 0 heterocycles. The Labute approximate surface area is 115 Å². The summed E-state index contributed by atoms with van der Waals surface area (Å²) in [6.45, 7) is 3.40. The Kier molecular flexibility index (Phi) is 6.02. The third kappa shape index (κ3) is 4.60. The van der Waals surface area contributed by atoms with Crippen LogP contribution in [-0.4, -0.2) is 31.5 Å². The van der Waals surface area contributed by atoms with E-state index in [1.165, 1.54) is 18.2 Å². The summed E-state index contributed by atoms with van der Waals surface area (Å²) in [5, 5.41) is 0. The molecule has 1 aromatic rings. The minimum absolute atomic E-state index is 0.0692. The van der Waals surface area contributed by atoms with Gasteiger partial charge in [0.1, 0.15) is 11.3 Å². The molecule has 1 aromatic carbocycles. The van der Waals surface area contributed by atoms with Crippen molar-refractivity contribution in [3.8, 4) is 5.75 Å². The number of esters is 1. The highest BCUT2D eigenvalue weighted by Crippen LogP contribution is 2.19. The van der Waals surface area contributed by atoms with Gasteiger partial charge >= 0.3 is 18.3 Å². The summed E-state index contributed by atoms with van der Waals surface area (Å²) < 4.78 is 18.3. The van der Waals surface area contributed by atoms with Gasteiger partial charge < -0.3 is 18.9 Å². The summed E-state index contributed by atoms with van der Waals surface area (Å²) >= 11 is 0. The number of para-hydroxylation sites is 1. The lowest BCUT2D eigenvalue weighted by molar-refractivity contribution is 0.0399. The normalized spacial score (nSPS) is 9.50. The van der Waals surface area contributed by atoms with E-state index in [2.05, 4.69) is 14.2 Å². The summed E-state index contributed by atoms with van der Waals surface area (Å²) in [6, 6.07) is 5.80. The van der Waals surface area contributed by atoms with E-state index in [4.69, 9.17) is 4.74 Å². The zero-order valence-corrected chi connectivity index (χ0v) is 11.1. The van der Waals surface area contributed by atoms with Crippen molar-refractivity contribution in [2.24, 2.45) is 0 Å². The molecule has 0 N–H and O–H groups in total. The Balaban J connectivity index is 2.81. The molecule has 0 aliphatic carbocycles. The van der Waals surface area contributed by atoms with Gasteiger partial charge in [0.05, 0.1) is 13.2 Å². The highest BCUT2D eigenvalue weighted by Gasteiger charge is 2.20. The van der Waals surface area contributed by atoms with Crippen molar-refractivity contribution in [2.75, 3.05) is 13.2 Å². The molecule has 7 nitrogen and oxygen atoms in total. The lowest BCUT2D eigenvalue weighted by atomic mass is 10.2. The fraction of sp³-hybridized carbons (Fsp3) is 0.308. The van der Waals surface area contributed by atoms with Crippen molar-refractivity contribution in [3.05, 3.63) is 29.8 Å². The maximum absolute atomic E-state index is 11.7. The summed E-state index contributed by atoms with van der Waals surface area (Å²) in [7, 11) is 0. The molecule has 0 bridgehead atoms. The molecule has 0 unspecified atom stereocenters. The quantitative estimate of drug-likeness (QED) is 0.476. The number of hydrogen-bond acceptors (Lipinski definition) is 7. The Morgan fingerprint density at radius 2 is 1.55 bits per heavy atom. The standard InChI is InChI=1S/C13H14O7/c1-3-17-12(15)19-10-8-6-5-7-9(10)11(14)20-13(16)18-4-2/h5-8H,3-4H2,1-2H3. The van der Waals surface area contributed by atoms with Crippen LogP contribution in [0.15, 0.2) is 24.3 Å². The average molecular weight is 282 g/mol. The summed E-state index contributed by atoms with van der Waals surface area (Å²) in [6.07, 6.45) is -2.08. The highest BCUT2D eigenvalue weighted by molar-refractivity contribution is 5.98. The number of ether oxygens (including phenoxy) is 4. The topological polar surface area (TPSA) is 88.1 Å². The average Bonchev–Trinajstić information content (AvgIpc) is 2.39. The predicted octanol–water partition coefficient (Wildman–Crippen LogP) is 2.54. The van der Waals surface area contributed by atoms with E-state index in [0.717, 1.165) is 0 Å². The van der Waals surface area contributed by atoms with E-state index in [1.54, 1.807) is 19.9 Å². The second-order valence-electron chi connectivity index (χ2n) is 3.35. The first-order valence-corrected chi connectivity index (χ1v) is 5.91. The Hall–Kier alpha value is -2.57. The zero-order valence-electron chi connectivity index (χ0n) is 11.1. The van der Waals surface area contributed by atoms with Gasteiger partial charge in [0, 0.05) is 0 Å². The van der Waals surface area contributed by atoms with Crippen molar-refractivity contribution in [2.45, 2.75) is 13.8 Å². The van der Waals surface area contributed by atoms with Crippen LogP contribution < -0.4 is 4.74 Å². The second-order valence-corrected chi connectivity index (χ2v) is 3.35. The lowest BCUT2D eigenvalue weighted by Crippen LogP contribution is -2.17. The second kappa shape index (κ2) is 7.78. The first-order valence-electron chi connectivity index (χ1n) is 5.91. The van der Waals surface area contributed by atoms with Crippen LogP contribution in [0.1, 0.15) is 24.2 Å². The Morgan fingerprint density at radius 1 is 0.950 bits per heavy atom. The molecular formula is C13H14O7. The first-order chi connectivity index (χ1) is 9.58. The lowest BCUT2D eigenvalue weighted by Gasteiger charge is -2.08. The summed E-state index contributed by atoms with van der Waals surface area (Å²) in [5.41, 5.74) is -0.0893. The molecule has 0 saturated carbocycles. The van der Waals surface area contributed by atoms with Crippen LogP contribution >= 0.6 is 0 Å². The Bertz CT molecular complexity index is 495. The van der Waals surface area contributed by atoms with Crippen molar-refractivity contribution in [3.63, 3.8) is 0 Å². The van der Waals surface area contributed by atoms with Gasteiger partial charge in [0.2, 0.25) is 0 Å². The van der Waals surface area contributed by atoms with Gasteiger partial charge in [-0.3, -0.25) is 0 Å². The van der Waals surface area contributed by atoms with Crippen molar-refractivity contribution in [1.82, 2.24) is 0 Å². The minimum Gasteiger partial charge on any atom is -0.434 e. The minimum atomic E-state index is -1.12. The fourth-order valence-electron chi connectivity index (χ4n) is 1.24. The monoisotopic (exact) mass is 282 g/mol. The molecule has 1 rings (SSSR count). The fourth-order valence-corrected chi connectivity index (χ4v) is 1.24. The van der Waals surface area contributed by atoms with Gasteiger partial charge in [-0.25, -0.2) is 14.4 Å². The molecule has 0 saturated heterocycles. The molecule has 0 amide bonds. The van der Waals surface area contributed by atoms with Gasteiger partial charge in [-0.05, 0) is 26.0 Å². The summed E-state index contributed by atoms with van der Waals surface area (Å²) in [4.78, 5) is 34.0. The molecular weight excluding hydrogens is 268 g/mol. The number of rotatable bonds is 4. The van der Waals surface area contributed by atoms with Crippen molar-refractivity contribution in [1.29, 1.82) is 0 Å². The number of hydrogen-bond donors (Lipinski definition) is 0. The maximum Gasteiger partial charge on any atom is 0.516 e. The molecule has 0 aliphatic rings. The van der Waals surface area contributed by atoms with E-state index in [9.17, 15) is 14.4 Å². The van der Waals surface area contributed by atoms with E-state index in [0.29, 0.717) is 0 Å². The molecule has 20 heavy (non-hydrogen) atoms. The number of benzene rings is 1. The van der Waals surface area contributed by atoms with Crippen LogP contribution in [0, 0.1) is 0 Å². The summed E-state index contributed by atoms with van der Waals surface area (Å²) in [5.74, 6) is -1.05. The smallest absolute Gasteiger partial charge is 0.434 e. The maximum atomic E-state index is 11.7. The van der Waals surface area contributed by atoms with Crippen LogP contribution in [0.5, 0.6) is 5.75 Å². The number of carbonyl (C=O) groups is 3. The van der Waals surface area contributed by atoms with E-state index >= 15 is 0 Å². The molecule has 0 spiro atoms. The molecule has 0 aliphatic heterocycles. The van der Waals surface area contributed by atoms with Gasteiger partial charge in [-0.1, -0.05) is 12.1 Å². The van der Waals surface area contributed by atoms with Gasteiger partial charge in [0.25, 0.3) is 0 Å². The van der Waals surface area contributed by atoms with Crippen LogP contribution in [0.2, 0.25) is 0 Å². The number of carbonyl (C=O) groups excluding carboxylic acids is 3. The molecule has 0 radical (unpaired) electrons. The van der Waals surface area contributed by atoms with E-state index in [1.807, 2.05) is 0 Å². The van der Waals surface area contributed by atoms with Crippen molar-refractivity contribution < 1.29 is 33.3 Å². The third-order valence-corrected chi connectivity index (χ3v) is 2.00. The predicted molar refractivity (Wildman–Crippen MR) is 66.5 cm³/mol. The van der Waals surface area contributed by atoms with Crippen molar-refractivity contribution >= 4 is 18.3 Å². The van der Waals surface area contributed by atoms with Crippen LogP contribution in [-0.2, 0) is 14.2 Å². The van der Waals surface area contributed by atoms with Crippen LogP contribution in [0.4, 0.5) is 9.59 Å². The largest absolute Gasteiger partial charge is 0.516 e. The molecule has 108 valence electrons. The molecule has 0 atom stereocenters. The zero-order chi connectivity index (χ0) is 15.0. The molecule has 0 fully saturated rings. The molecule has 0 aromatic heterocycles. The highest BCUT2D eigenvalue weighted by atomic mass is 16.7. The van der Waals surface area contributed by atoms with Crippen LogP contribution in [0.25, 0.3) is 0 Å². The molecule has 7 heteroatoms. The van der Waals surface area contributed by atoms with Gasteiger partial charge in [0.15, 0.2) is 0 Å². The van der Waals surface area contributed by atoms with Crippen LogP contribution in [0.3, 0.4) is 0 Å². The third-order valence-electron chi connectivity index (χ3n) is 2.00. The van der Waals surface area contributed by atoms with E-state index < -0.39 is 18.3 Å². The van der Waals surface area contributed by atoms with Gasteiger partial charge in [-0.15, -0.1) is 0 Å². The Morgan fingerprint density at radius 3 is 2.20 bits per heavy atom. The first kappa shape index (κ1) is 15.5.